The highest BCUT2D eigenvalue weighted by Crippen LogP contribution is 2.33. The number of rotatable bonds is 10. The molecule has 0 bridgehead atoms. The highest BCUT2D eigenvalue weighted by Gasteiger charge is 2.14. The molecular weight excluding hydrogens is 460 g/mol. The maximum Gasteiger partial charge on any atom is 0.319 e. The number of carbonyl (C=O) groups is 2. The number of nitrogens with zero attached hydrogens (tertiary/aromatic N) is 1. The number of aromatic nitrogens is 1. The third kappa shape index (κ3) is 6.19. The molecule has 9 heteroatoms. The lowest BCUT2D eigenvalue weighted by molar-refractivity contribution is -0.129. The van der Waals surface area contributed by atoms with E-state index < -0.39 is 5.91 Å². The summed E-state index contributed by atoms with van der Waals surface area (Å²) in [7, 11) is 1.53. The molecule has 0 atom stereocenters. The van der Waals surface area contributed by atoms with Crippen LogP contribution in [0.5, 0.6) is 5.75 Å². The smallest absolute Gasteiger partial charge is 0.319 e. The molecule has 3 aromatic carbocycles. The Balaban J connectivity index is 1.42. The molecule has 0 aliphatic carbocycles. The number of unbranched alkanes of at least 4 members (excludes halogenated alkanes) is 2. The summed E-state index contributed by atoms with van der Waals surface area (Å²) < 4.78 is 11.4. The van der Waals surface area contributed by atoms with Gasteiger partial charge in [0.2, 0.25) is 11.8 Å². The van der Waals surface area contributed by atoms with Gasteiger partial charge in [0.1, 0.15) is 11.3 Å². The molecule has 9 nitrogen and oxygen atoms in total. The van der Waals surface area contributed by atoms with Crippen molar-refractivity contribution in [3.8, 4) is 28.3 Å². The Bertz CT molecular complexity index is 1340. The number of hydrogen-bond acceptors (Lipinski definition) is 6. The summed E-state index contributed by atoms with van der Waals surface area (Å²) in [6.07, 6.45) is 2.33. The van der Waals surface area contributed by atoms with Gasteiger partial charge in [0.15, 0.2) is 5.58 Å². The number of amides is 3. The van der Waals surface area contributed by atoms with Gasteiger partial charge < -0.3 is 19.8 Å². The van der Waals surface area contributed by atoms with Crippen LogP contribution in [0.25, 0.3) is 33.7 Å². The third-order valence-corrected chi connectivity index (χ3v) is 5.68. The number of benzene rings is 3. The average Bonchev–Trinajstić information content (AvgIpc) is 3.34. The molecule has 4 rings (SSSR count). The fourth-order valence-corrected chi connectivity index (χ4v) is 3.81. The minimum absolute atomic E-state index is 0.246. The maximum atomic E-state index is 12.4. The zero-order valence-corrected chi connectivity index (χ0v) is 19.9. The second-order valence-electron chi connectivity index (χ2n) is 8.21. The van der Waals surface area contributed by atoms with Crippen molar-refractivity contribution in [1.29, 1.82) is 0 Å². The summed E-state index contributed by atoms with van der Waals surface area (Å²) in [5.41, 5.74) is 6.35. The predicted octanol–water partition coefficient (Wildman–Crippen LogP) is 5.36. The van der Waals surface area contributed by atoms with Gasteiger partial charge in [-0.2, -0.15) is 0 Å². The first-order chi connectivity index (χ1) is 17.6. The lowest BCUT2D eigenvalue weighted by Crippen LogP contribution is -2.29. The Morgan fingerprint density at radius 2 is 1.75 bits per heavy atom. The van der Waals surface area contributed by atoms with Crippen LogP contribution in [0.3, 0.4) is 0 Å². The highest BCUT2D eigenvalue weighted by atomic mass is 16.5. The van der Waals surface area contributed by atoms with Crippen LogP contribution in [0.4, 0.5) is 10.5 Å². The van der Waals surface area contributed by atoms with Gasteiger partial charge in [-0.25, -0.2) is 15.3 Å². The van der Waals surface area contributed by atoms with Gasteiger partial charge in [-0.1, -0.05) is 42.8 Å². The molecule has 4 aromatic rings. The Morgan fingerprint density at radius 1 is 0.944 bits per heavy atom. The molecule has 4 N–H and O–H groups in total. The molecule has 0 spiro atoms. The van der Waals surface area contributed by atoms with Crippen LogP contribution in [-0.2, 0) is 4.79 Å². The average molecular weight is 489 g/mol. The Hall–Kier alpha value is -4.37. The van der Waals surface area contributed by atoms with Gasteiger partial charge in [0, 0.05) is 18.5 Å². The molecule has 1 aromatic heterocycles. The van der Waals surface area contributed by atoms with Gasteiger partial charge in [-0.05, 0) is 54.3 Å². The van der Waals surface area contributed by atoms with E-state index in [1.54, 1.807) is 17.6 Å². The zero-order valence-electron chi connectivity index (χ0n) is 19.9. The van der Waals surface area contributed by atoms with E-state index in [1.807, 2.05) is 54.6 Å². The first-order valence-electron chi connectivity index (χ1n) is 11.7. The molecule has 36 heavy (non-hydrogen) atoms. The number of hydrogen-bond donors (Lipinski definition) is 4. The SMILES string of the molecule is COc1ccc(-c2nc3cc(-c4ccccc4)ccc3o2)cc1NC(=O)NCCCCCC(=O)NO. The van der Waals surface area contributed by atoms with Gasteiger partial charge in [0.05, 0.1) is 12.8 Å². The summed E-state index contributed by atoms with van der Waals surface area (Å²) in [4.78, 5) is 28.1. The van der Waals surface area contributed by atoms with Crippen molar-refractivity contribution in [3.63, 3.8) is 0 Å². The highest BCUT2D eigenvalue weighted by molar-refractivity contribution is 5.92. The Kier molecular flexibility index (Phi) is 8.15. The van der Waals surface area contributed by atoms with Crippen LogP contribution >= 0.6 is 0 Å². The topological polar surface area (TPSA) is 126 Å². The minimum atomic E-state index is -0.414. The molecule has 0 aliphatic heterocycles. The normalized spacial score (nSPS) is 10.7. The molecule has 3 amide bonds. The number of methoxy groups -OCH3 is 1. The number of oxazole rings is 1. The standard InChI is InChI=1S/C27H28N4O5/c1-35-23-13-12-20(17-21(23)30-27(33)28-15-7-3-6-10-25(32)31-34)26-29-22-16-19(11-14-24(22)36-26)18-8-4-2-5-9-18/h2,4-5,8-9,11-14,16-17,34H,3,6-7,10,15H2,1H3,(H,31,32)(H2,28,30,33). The lowest BCUT2D eigenvalue weighted by Gasteiger charge is -2.12. The molecule has 0 fully saturated rings. The van der Waals surface area contributed by atoms with E-state index in [1.165, 1.54) is 7.11 Å². The van der Waals surface area contributed by atoms with Gasteiger partial charge in [-0.15, -0.1) is 0 Å². The van der Waals surface area contributed by atoms with Crippen molar-refractivity contribution >= 4 is 28.7 Å². The van der Waals surface area contributed by atoms with E-state index in [4.69, 9.17) is 14.4 Å². The summed E-state index contributed by atoms with van der Waals surface area (Å²) >= 11 is 0. The number of hydroxylamine groups is 1. The summed E-state index contributed by atoms with van der Waals surface area (Å²) in [5.74, 6) is 0.530. The summed E-state index contributed by atoms with van der Waals surface area (Å²) in [5, 5.41) is 14.1. The molecular formula is C27H28N4O5. The maximum absolute atomic E-state index is 12.4. The van der Waals surface area contributed by atoms with Crippen LogP contribution in [0.15, 0.2) is 71.1 Å². The molecule has 0 aliphatic rings. The molecule has 0 radical (unpaired) electrons. The second-order valence-corrected chi connectivity index (χ2v) is 8.21. The first kappa shape index (κ1) is 24.7. The second kappa shape index (κ2) is 11.9. The quantitative estimate of drug-likeness (QED) is 0.135. The molecule has 1 heterocycles. The van der Waals surface area contributed by atoms with Crippen LogP contribution in [-0.4, -0.2) is 35.8 Å². The van der Waals surface area contributed by atoms with Crippen molar-refractivity contribution in [3.05, 3.63) is 66.7 Å². The van der Waals surface area contributed by atoms with Crippen LogP contribution < -0.4 is 20.9 Å². The Labute approximate surface area is 208 Å². The first-order valence-corrected chi connectivity index (χ1v) is 11.7. The number of fused-ring (bicyclic) bond motifs is 1. The summed E-state index contributed by atoms with van der Waals surface area (Å²) in [6, 6.07) is 20.9. The van der Waals surface area contributed by atoms with Gasteiger partial charge >= 0.3 is 6.03 Å². The van der Waals surface area contributed by atoms with E-state index in [2.05, 4.69) is 15.6 Å². The fraction of sp³-hybridized carbons (Fsp3) is 0.222. The monoisotopic (exact) mass is 488 g/mol. The largest absolute Gasteiger partial charge is 0.495 e. The number of ether oxygens (including phenoxy) is 1. The molecule has 0 unspecified atom stereocenters. The number of carbonyl (C=O) groups excluding carboxylic acids is 2. The van der Waals surface area contributed by atoms with E-state index in [-0.39, 0.29) is 12.5 Å². The van der Waals surface area contributed by atoms with E-state index in [0.717, 1.165) is 23.1 Å². The van der Waals surface area contributed by atoms with Crippen molar-refractivity contribution < 1.29 is 24.0 Å². The van der Waals surface area contributed by atoms with E-state index in [9.17, 15) is 9.59 Å². The Morgan fingerprint density at radius 3 is 2.53 bits per heavy atom. The van der Waals surface area contributed by atoms with Crippen molar-refractivity contribution in [2.75, 3.05) is 19.0 Å². The van der Waals surface area contributed by atoms with E-state index in [0.29, 0.717) is 47.9 Å². The van der Waals surface area contributed by atoms with E-state index >= 15 is 0 Å². The zero-order chi connectivity index (χ0) is 25.3. The van der Waals surface area contributed by atoms with Crippen molar-refractivity contribution in [1.82, 2.24) is 15.8 Å². The number of nitrogens with one attached hydrogen (secondary N) is 3. The van der Waals surface area contributed by atoms with Gasteiger partial charge in [0.25, 0.3) is 0 Å². The van der Waals surface area contributed by atoms with Crippen LogP contribution in [0.2, 0.25) is 0 Å². The third-order valence-electron chi connectivity index (χ3n) is 5.68. The minimum Gasteiger partial charge on any atom is -0.495 e. The fourth-order valence-electron chi connectivity index (χ4n) is 3.81. The molecule has 0 saturated carbocycles. The van der Waals surface area contributed by atoms with Crippen LogP contribution in [0.1, 0.15) is 25.7 Å². The van der Waals surface area contributed by atoms with Gasteiger partial charge in [-0.3, -0.25) is 10.0 Å². The van der Waals surface area contributed by atoms with Crippen molar-refractivity contribution in [2.45, 2.75) is 25.7 Å². The van der Waals surface area contributed by atoms with Crippen molar-refractivity contribution in [2.24, 2.45) is 0 Å². The number of anilines is 1. The van der Waals surface area contributed by atoms with Crippen LogP contribution in [0, 0.1) is 0 Å². The number of urea groups is 1. The molecule has 0 saturated heterocycles. The predicted molar refractivity (Wildman–Crippen MR) is 137 cm³/mol. The molecule has 186 valence electrons. The summed E-state index contributed by atoms with van der Waals surface area (Å²) in [6.45, 7) is 0.448. The lowest BCUT2D eigenvalue weighted by atomic mass is 10.1.